The number of nitrogens with zero attached hydrogens (tertiary/aromatic N) is 2. The van der Waals surface area contributed by atoms with E-state index < -0.39 is 5.60 Å². The fourth-order valence-corrected chi connectivity index (χ4v) is 5.06. The van der Waals surface area contributed by atoms with Gasteiger partial charge in [0.05, 0.1) is 12.0 Å². The largest absolute Gasteiger partial charge is 0.482 e. The number of carbonyl (C=O) groups excluding carboxylic acids is 2. The summed E-state index contributed by atoms with van der Waals surface area (Å²) in [6, 6.07) is 10.9. The zero-order valence-corrected chi connectivity index (χ0v) is 19.9. The van der Waals surface area contributed by atoms with Crippen LogP contribution >= 0.6 is 11.6 Å². The van der Waals surface area contributed by atoms with Crippen LogP contribution in [0.3, 0.4) is 0 Å². The van der Waals surface area contributed by atoms with Crippen molar-refractivity contribution < 1.29 is 18.7 Å². The first-order chi connectivity index (χ1) is 15.8. The van der Waals surface area contributed by atoms with Crippen LogP contribution in [0.4, 0.5) is 0 Å². The van der Waals surface area contributed by atoms with Gasteiger partial charge < -0.3 is 19.0 Å². The Bertz CT molecular complexity index is 1240. The third-order valence-corrected chi connectivity index (χ3v) is 7.18. The summed E-state index contributed by atoms with van der Waals surface area (Å²) in [6.45, 7) is 9.91. The van der Waals surface area contributed by atoms with Crippen molar-refractivity contribution in [2.75, 3.05) is 32.7 Å². The van der Waals surface area contributed by atoms with Crippen LogP contribution in [0.25, 0.3) is 11.0 Å². The van der Waals surface area contributed by atoms with Crippen LogP contribution in [0.1, 0.15) is 52.3 Å². The minimum absolute atomic E-state index is 0.0289. The number of fused-ring (bicyclic) bond motifs is 3. The molecule has 0 bridgehead atoms. The molecule has 1 saturated heterocycles. The highest BCUT2D eigenvalue weighted by Gasteiger charge is 2.40. The molecule has 0 spiro atoms. The van der Waals surface area contributed by atoms with E-state index in [0.717, 1.165) is 25.2 Å². The van der Waals surface area contributed by atoms with E-state index in [-0.39, 0.29) is 18.1 Å². The van der Waals surface area contributed by atoms with Crippen molar-refractivity contribution >= 4 is 34.3 Å². The highest BCUT2D eigenvalue weighted by Crippen LogP contribution is 2.44. The van der Waals surface area contributed by atoms with E-state index in [4.69, 9.17) is 20.8 Å². The fraction of sp³-hybridized carbons (Fsp3) is 0.385. The Balaban J connectivity index is 1.51. The number of furan rings is 1. The maximum Gasteiger partial charge on any atom is 0.289 e. The molecule has 1 fully saturated rings. The molecule has 2 aliphatic rings. The molecule has 5 rings (SSSR count). The smallest absolute Gasteiger partial charge is 0.289 e. The first-order valence-corrected chi connectivity index (χ1v) is 11.7. The fourth-order valence-electron chi connectivity index (χ4n) is 4.94. The summed E-state index contributed by atoms with van der Waals surface area (Å²) in [5, 5.41) is 1.31. The highest BCUT2D eigenvalue weighted by molar-refractivity contribution is 6.30. The van der Waals surface area contributed by atoms with E-state index >= 15 is 0 Å². The van der Waals surface area contributed by atoms with Crippen LogP contribution in [-0.2, 0) is 5.60 Å². The summed E-state index contributed by atoms with van der Waals surface area (Å²) in [7, 11) is 0. The van der Waals surface area contributed by atoms with Gasteiger partial charge >= 0.3 is 0 Å². The lowest BCUT2D eigenvalue weighted by molar-refractivity contribution is 0.0507. The lowest BCUT2D eigenvalue weighted by atomic mass is 9.84. The maximum atomic E-state index is 13.4. The molecule has 2 aromatic carbocycles. The number of carbonyl (C=O) groups is 2. The molecule has 0 N–H and O–H groups in total. The first-order valence-electron chi connectivity index (χ1n) is 11.4. The zero-order valence-electron chi connectivity index (χ0n) is 19.1. The van der Waals surface area contributed by atoms with E-state index in [1.54, 1.807) is 24.3 Å². The van der Waals surface area contributed by atoms with Crippen molar-refractivity contribution in [2.24, 2.45) is 0 Å². The Morgan fingerprint density at radius 1 is 1.09 bits per heavy atom. The number of likely N-dealkylation sites (N-methyl/N-ethyl adjacent to an activating group) is 1. The predicted octanol–water partition coefficient (Wildman–Crippen LogP) is 5.05. The summed E-state index contributed by atoms with van der Waals surface area (Å²) in [6.07, 6.45) is 0.188. The van der Waals surface area contributed by atoms with Crippen molar-refractivity contribution in [3.8, 4) is 5.75 Å². The summed E-state index contributed by atoms with van der Waals surface area (Å²) < 4.78 is 12.4. The molecule has 1 aromatic heterocycles. The lowest BCUT2D eigenvalue weighted by Gasteiger charge is -2.35. The lowest BCUT2D eigenvalue weighted by Crippen LogP contribution is -2.48. The molecule has 1 atom stereocenters. The quantitative estimate of drug-likeness (QED) is 0.540. The van der Waals surface area contributed by atoms with Gasteiger partial charge in [0.2, 0.25) is 0 Å². The minimum atomic E-state index is -0.794. The molecular formula is C26H27ClN2O4. The molecule has 7 heteroatoms. The summed E-state index contributed by atoms with van der Waals surface area (Å²) in [5.74, 6) is 0.667. The second-order valence-corrected chi connectivity index (χ2v) is 9.47. The second kappa shape index (κ2) is 8.19. The van der Waals surface area contributed by atoms with Gasteiger partial charge in [-0.15, -0.1) is 0 Å². The molecule has 2 aliphatic heterocycles. The van der Waals surface area contributed by atoms with Crippen LogP contribution in [0, 0.1) is 6.92 Å². The molecule has 3 aromatic rings. The van der Waals surface area contributed by atoms with Crippen molar-refractivity contribution in [1.82, 2.24) is 9.80 Å². The van der Waals surface area contributed by atoms with Gasteiger partial charge in [0.15, 0.2) is 11.5 Å². The van der Waals surface area contributed by atoms with Crippen LogP contribution in [0.5, 0.6) is 5.75 Å². The topological polar surface area (TPSA) is 63.0 Å². The molecule has 3 heterocycles. The molecule has 33 heavy (non-hydrogen) atoms. The summed E-state index contributed by atoms with van der Waals surface area (Å²) in [4.78, 5) is 30.8. The van der Waals surface area contributed by atoms with E-state index in [9.17, 15) is 9.59 Å². The molecule has 6 nitrogen and oxygen atoms in total. The number of hydrogen-bond donors (Lipinski definition) is 0. The minimum Gasteiger partial charge on any atom is -0.482 e. The standard InChI is InChI=1S/C26H27ClN2O4/c1-4-28-11-13-29(14-12-28)25(31)24-16(2)22-20(32-24)9-10-21-23(22)19(30)15-26(3,33-21)17-5-7-18(27)8-6-17/h5-10H,4,11-15H2,1-3H3/t26-/m1/s1. The van der Waals surface area contributed by atoms with Crippen LogP contribution < -0.4 is 4.74 Å². The van der Waals surface area contributed by atoms with Gasteiger partial charge in [-0.2, -0.15) is 0 Å². The average molecular weight is 467 g/mol. The number of ether oxygens (including phenoxy) is 1. The van der Waals surface area contributed by atoms with E-state index in [1.165, 1.54) is 0 Å². The number of piperazine rings is 1. The van der Waals surface area contributed by atoms with Gasteiger partial charge in [0.1, 0.15) is 16.9 Å². The first kappa shape index (κ1) is 22.0. The molecule has 172 valence electrons. The molecule has 0 aliphatic carbocycles. The van der Waals surface area contributed by atoms with Crippen LogP contribution in [-0.4, -0.2) is 54.2 Å². The molecule has 1 amide bonds. The van der Waals surface area contributed by atoms with Crippen molar-refractivity contribution in [3.63, 3.8) is 0 Å². The van der Waals surface area contributed by atoms with Crippen molar-refractivity contribution in [1.29, 1.82) is 0 Å². The van der Waals surface area contributed by atoms with E-state index in [1.807, 2.05) is 30.9 Å². The highest BCUT2D eigenvalue weighted by atomic mass is 35.5. The van der Waals surface area contributed by atoms with E-state index in [2.05, 4.69) is 11.8 Å². The molecule has 0 saturated carbocycles. The number of rotatable bonds is 3. The number of aryl methyl sites for hydroxylation is 1. The molecule has 0 radical (unpaired) electrons. The Hall–Kier alpha value is -2.83. The van der Waals surface area contributed by atoms with Gasteiger partial charge in [0.25, 0.3) is 5.91 Å². The maximum absolute atomic E-state index is 13.4. The van der Waals surface area contributed by atoms with Gasteiger partial charge in [-0.25, -0.2) is 0 Å². The molecular weight excluding hydrogens is 440 g/mol. The number of Topliss-reactive ketones (excluding diaryl/α,β-unsaturated/α-hetero) is 1. The third kappa shape index (κ3) is 3.71. The van der Waals surface area contributed by atoms with E-state index in [0.29, 0.717) is 51.7 Å². The summed E-state index contributed by atoms with van der Waals surface area (Å²) in [5.41, 5.74) is 1.81. The monoisotopic (exact) mass is 466 g/mol. The van der Waals surface area contributed by atoms with Crippen LogP contribution in [0.2, 0.25) is 5.02 Å². The normalized spacial score (nSPS) is 21.2. The van der Waals surface area contributed by atoms with Gasteiger partial charge in [-0.1, -0.05) is 30.7 Å². The predicted molar refractivity (Wildman–Crippen MR) is 127 cm³/mol. The zero-order chi connectivity index (χ0) is 23.3. The Morgan fingerprint density at radius 2 is 1.79 bits per heavy atom. The average Bonchev–Trinajstić information content (AvgIpc) is 3.15. The molecule has 0 unspecified atom stereocenters. The Labute approximate surface area is 198 Å². The van der Waals surface area contributed by atoms with Gasteiger partial charge in [0, 0.05) is 42.2 Å². The SMILES string of the molecule is CCN1CCN(C(=O)c2oc3ccc4c(c3c2C)C(=O)C[C@](C)(c2ccc(Cl)cc2)O4)CC1. The Kier molecular flexibility index (Phi) is 5.46. The summed E-state index contributed by atoms with van der Waals surface area (Å²) >= 11 is 6.04. The number of hydrogen-bond acceptors (Lipinski definition) is 5. The number of benzene rings is 2. The second-order valence-electron chi connectivity index (χ2n) is 9.03. The van der Waals surface area contributed by atoms with Crippen LogP contribution in [0.15, 0.2) is 40.8 Å². The Morgan fingerprint density at radius 3 is 2.45 bits per heavy atom. The number of halogens is 1. The van der Waals surface area contributed by atoms with Crippen molar-refractivity contribution in [2.45, 2.75) is 32.8 Å². The van der Waals surface area contributed by atoms with Crippen molar-refractivity contribution in [3.05, 3.63) is 63.9 Å². The third-order valence-electron chi connectivity index (χ3n) is 6.92. The van der Waals surface area contributed by atoms with Gasteiger partial charge in [-0.3, -0.25) is 9.59 Å². The van der Waals surface area contributed by atoms with Gasteiger partial charge in [-0.05, 0) is 50.2 Å². The number of ketones is 1. The number of amides is 1.